The van der Waals surface area contributed by atoms with Crippen molar-refractivity contribution < 1.29 is 14.2 Å². The van der Waals surface area contributed by atoms with Gasteiger partial charge in [-0.2, -0.15) is 0 Å². The lowest BCUT2D eigenvalue weighted by molar-refractivity contribution is -0.130. The highest BCUT2D eigenvalue weighted by Crippen LogP contribution is 2.51. The summed E-state index contributed by atoms with van der Waals surface area (Å²) in [5, 5.41) is 11.0. The van der Waals surface area contributed by atoms with Gasteiger partial charge in [-0.15, -0.1) is 0 Å². The fourth-order valence-electron chi connectivity index (χ4n) is 3.10. The molecule has 0 bridgehead atoms. The van der Waals surface area contributed by atoms with Crippen LogP contribution in [-0.4, -0.2) is 16.3 Å². The van der Waals surface area contributed by atoms with E-state index in [9.17, 15) is 9.50 Å². The molecule has 1 aliphatic heterocycles. The third-order valence-electron chi connectivity index (χ3n) is 3.85. The lowest BCUT2D eigenvalue weighted by atomic mass is 9.75. The highest BCUT2D eigenvalue weighted by molar-refractivity contribution is 5.36. The second kappa shape index (κ2) is 3.78. The smallest absolute Gasteiger partial charge is 0.123 e. The van der Waals surface area contributed by atoms with Crippen molar-refractivity contribution in [1.82, 2.24) is 0 Å². The van der Waals surface area contributed by atoms with Crippen LogP contribution in [0.3, 0.4) is 0 Å². The molecule has 18 heavy (non-hydrogen) atoms. The van der Waals surface area contributed by atoms with Crippen LogP contribution in [0, 0.1) is 12.7 Å². The summed E-state index contributed by atoms with van der Waals surface area (Å²) in [6, 6.07) is 4.53. The van der Waals surface area contributed by atoms with Crippen molar-refractivity contribution >= 4 is 0 Å². The fraction of sp³-hybridized carbons (Fsp3) is 0.600. The zero-order chi connectivity index (χ0) is 13.8. The molecule has 1 aromatic rings. The van der Waals surface area contributed by atoms with Gasteiger partial charge in [-0.05, 0) is 57.9 Å². The van der Waals surface area contributed by atoms with E-state index in [1.165, 1.54) is 12.1 Å². The molecule has 1 aromatic carbocycles. The van der Waals surface area contributed by atoms with E-state index in [0.717, 1.165) is 5.56 Å². The van der Waals surface area contributed by atoms with Gasteiger partial charge < -0.3 is 9.84 Å². The molecule has 1 aliphatic rings. The topological polar surface area (TPSA) is 29.5 Å². The summed E-state index contributed by atoms with van der Waals surface area (Å²) >= 11 is 0. The summed E-state index contributed by atoms with van der Waals surface area (Å²) < 4.78 is 19.4. The number of hydrogen-bond acceptors (Lipinski definition) is 2. The number of aryl methyl sites for hydroxylation is 1. The van der Waals surface area contributed by atoms with E-state index in [1.54, 1.807) is 6.07 Å². The number of ether oxygens (including phenoxy) is 1. The van der Waals surface area contributed by atoms with Crippen molar-refractivity contribution in [3.05, 3.63) is 35.1 Å². The molecule has 2 rings (SSSR count). The van der Waals surface area contributed by atoms with Gasteiger partial charge in [-0.3, -0.25) is 0 Å². The maximum absolute atomic E-state index is 13.5. The number of benzene rings is 1. The molecule has 1 saturated heterocycles. The molecule has 2 nitrogen and oxygen atoms in total. The normalized spacial score (nSPS) is 29.5. The van der Waals surface area contributed by atoms with Crippen molar-refractivity contribution in [2.45, 2.75) is 57.8 Å². The minimum atomic E-state index is -1.16. The molecular formula is C15H21FO2. The number of halogens is 1. The van der Waals surface area contributed by atoms with Crippen molar-refractivity contribution in [3.63, 3.8) is 0 Å². The quantitative estimate of drug-likeness (QED) is 0.831. The van der Waals surface area contributed by atoms with Gasteiger partial charge in [0.05, 0.1) is 11.2 Å². The van der Waals surface area contributed by atoms with Gasteiger partial charge >= 0.3 is 0 Å². The predicted octanol–water partition coefficient (Wildman–Crippen LogP) is 3.30. The number of hydrogen-bond donors (Lipinski definition) is 1. The molecule has 1 fully saturated rings. The van der Waals surface area contributed by atoms with Crippen LogP contribution in [0.2, 0.25) is 0 Å². The molecular weight excluding hydrogens is 231 g/mol. The van der Waals surface area contributed by atoms with Gasteiger partial charge in [-0.1, -0.05) is 6.07 Å². The molecule has 0 radical (unpaired) electrons. The van der Waals surface area contributed by atoms with E-state index in [4.69, 9.17) is 4.74 Å². The number of aliphatic hydroxyl groups is 1. The summed E-state index contributed by atoms with van der Waals surface area (Å²) in [4.78, 5) is 0. The van der Waals surface area contributed by atoms with Gasteiger partial charge in [0.15, 0.2) is 0 Å². The molecule has 0 amide bonds. The van der Waals surface area contributed by atoms with Gasteiger partial charge in [0.2, 0.25) is 0 Å². The van der Waals surface area contributed by atoms with Crippen molar-refractivity contribution in [3.8, 4) is 0 Å². The first kappa shape index (κ1) is 13.5. The third kappa shape index (κ3) is 1.95. The van der Waals surface area contributed by atoms with Crippen LogP contribution in [-0.2, 0) is 10.3 Å². The van der Waals surface area contributed by atoms with E-state index in [2.05, 4.69) is 0 Å². The Hall–Kier alpha value is -0.930. The van der Waals surface area contributed by atoms with E-state index in [1.807, 2.05) is 34.6 Å². The SMILES string of the molecule is Cc1ccc(F)cc1C1(O)CC(C)(C)OC1(C)C. The first-order chi connectivity index (χ1) is 8.07. The molecule has 0 aliphatic carbocycles. The van der Waals surface area contributed by atoms with Crippen LogP contribution in [0.15, 0.2) is 18.2 Å². The molecule has 0 spiro atoms. The highest BCUT2D eigenvalue weighted by Gasteiger charge is 2.57. The zero-order valence-corrected chi connectivity index (χ0v) is 11.7. The second-order valence-corrected chi connectivity index (χ2v) is 6.37. The Morgan fingerprint density at radius 2 is 1.83 bits per heavy atom. The number of rotatable bonds is 1. The van der Waals surface area contributed by atoms with Gasteiger partial charge in [0, 0.05) is 6.42 Å². The summed E-state index contributed by atoms with van der Waals surface area (Å²) in [6.45, 7) is 9.48. The Labute approximate surface area is 108 Å². The molecule has 1 heterocycles. The van der Waals surface area contributed by atoms with Crippen molar-refractivity contribution in [2.24, 2.45) is 0 Å². The Morgan fingerprint density at radius 1 is 1.22 bits per heavy atom. The Bertz CT molecular complexity index is 479. The van der Waals surface area contributed by atoms with Gasteiger partial charge in [0.1, 0.15) is 11.4 Å². The van der Waals surface area contributed by atoms with Crippen LogP contribution in [0.5, 0.6) is 0 Å². The van der Waals surface area contributed by atoms with Crippen molar-refractivity contribution in [2.75, 3.05) is 0 Å². The average molecular weight is 252 g/mol. The minimum Gasteiger partial charge on any atom is -0.382 e. The summed E-state index contributed by atoms with van der Waals surface area (Å²) in [7, 11) is 0. The lowest BCUT2D eigenvalue weighted by Crippen LogP contribution is -2.44. The monoisotopic (exact) mass is 252 g/mol. The molecule has 100 valence electrons. The summed E-state index contributed by atoms with van der Waals surface area (Å²) in [5.41, 5.74) is -0.819. The van der Waals surface area contributed by atoms with Gasteiger partial charge in [-0.25, -0.2) is 4.39 Å². The Balaban J connectivity index is 2.58. The van der Waals surface area contributed by atoms with Crippen LogP contribution in [0.25, 0.3) is 0 Å². The van der Waals surface area contributed by atoms with E-state index in [-0.39, 0.29) is 5.82 Å². The predicted molar refractivity (Wildman–Crippen MR) is 68.9 cm³/mol. The molecule has 1 unspecified atom stereocenters. The molecule has 0 saturated carbocycles. The van der Waals surface area contributed by atoms with Crippen LogP contribution >= 0.6 is 0 Å². The zero-order valence-electron chi connectivity index (χ0n) is 11.7. The molecule has 3 heteroatoms. The minimum absolute atomic E-state index is 0.329. The Morgan fingerprint density at radius 3 is 2.33 bits per heavy atom. The average Bonchev–Trinajstić information content (AvgIpc) is 2.35. The highest BCUT2D eigenvalue weighted by atomic mass is 19.1. The van der Waals surface area contributed by atoms with Crippen LogP contribution < -0.4 is 0 Å². The lowest BCUT2D eigenvalue weighted by Gasteiger charge is -2.36. The van der Waals surface area contributed by atoms with Gasteiger partial charge in [0.25, 0.3) is 0 Å². The summed E-state index contributed by atoms with van der Waals surface area (Å²) in [6.07, 6.45) is 0.456. The maximum atomic E-state index is 13.5. The molecule has 1 atom stereocenters. The van der Waals surface area contributed by atoms with E-state index in [0.29, 0.717) is 12.0 Å². The second-order valence-electron chi connectivity index (χ2n) is 6.37. The van der Waals surface area contributed by atoms with E-state index >= 15 is 0 Å². The third-order valence-corrected chi connectivity index (χ3v) is 3.85. The molecule has 1 N–H and O–H groups in total. The van der Waals surface area contributed by atoms with Crippen molar-refractivity contribution in [1.29, 1.82) is 0 Å². The first-order valence-corrected chi connectivity index (χ1v) is 6.27. The standard InChI is InChI=1S/C15H21FO2/c1-10-6-7-11(16)8-12(10)15(17)9-13(2,3)18-14(15,4)5/h6-8,17H,9H2,1-5H3. The van der Waals surface area contributed by atoms with E-state index < -0.39 is 16.8 Å². The summed E-state index contributed by atoms with van der Waals surface area (Å²) in [5.74, 6) is -0.329. The first-order valence-electron chi connectivity index (χ1n) is 6.27. The Kier molecular flexibility index (Phi) is 2.84. The fourth-order valence-corrected chi connectivity index (χ4v) is 3.10. The molecule has 0 aromatic heterocycles. The largest absolute Gasteiger partial charge is 0.382 e. The maximum Gasteiger partial charge on any atom is 0.123 e. The van der Waals surface area contributed by atoms with Crippen LogP contribution in [0.1, 0.15) is 45.2 Å². The van der Waals surface area contributed by atoms with Crippen LogP contribution in [0.4, 0.5) is 4.39 Å².